The van der Waals surface area contributed by atoms with Crippen molar-refractivity contribution in [3.63, 3.8) is 0 Å². The molecule has 158 valence electrons. The molecule has 0 amide bonds. The van der Waals surface area contributed by atoms with Crippen molar-refractivity contribution >= 4 is 27.5 Å². The summed E-state index contributed by atoms with van der Waals surface area (Å²) in [5, 5.41) is 0.799. The molecule has 1 atom stereocenters. The molecule has 0 spiro atoms. The third kappa shape index (κ3) is 3.93. The first-order valence-corrected chi connectivity index (χ1v) is 11.3. The van der Waals surface area contributed by atoms with Gasteiger partial charge in [-0.3, -0.25) is 9.36 Å². The Labute approximate surface area is 180 Å². The molecule has 1 aliphatic carbocycles. The van der Waals surface area contributed by atoms with Gasteiger partial charge in [-0.15, -0.1) is 11.3 Å². The Kier molecular flexibility index (Phi) is 5.53. The topological polar surface area (TPSA) is 61.2 Å². The third-order valence-corrected chi connectivity index (χ3v) is 7.24. The van der Waals surface area contributed by atoms with Gasteiger partial charge in [0.2, 0.25) is 0 Å². The molecule has 2 aromatic heterocycles. The SMILES string of the molecule is CCOC(=O)c1ccc(Cn2cnc3sc4c(c3c2=O)CCC(C(C)(C)C)C4)cc1. The Balaban J connectivity index is 1.62. The van der Waals surface area contributed by atoms with Crippen LogP contribution in [0, 0.1) is 11.3 Å². The maximum atomic E-state index is 13.3. The zero-order valence-corrected chi connectivity index (χ0v) is 18.8. The van der Waals surface area contributed by atoms with Crippen molar-refractivity contribution in [2.45, 2.75) is 53.5 Å². The second kappa shape index (κ2) is 7.99. The van der Waals surface area contributed by atoms with E-state index < -0.39 is 0 Å². The molecule has 0 radical (unpaired) electrons. The maximum absolute atomic E-state index is 13.3. The zero-order chi connectivity index (χ0) is 21.5. The van der Waals surface area contributed by atoms with Crippen LogP contribution in [0.4, 0.5) is 0 Å². The molecule has 3 aromatic rings. The fraction of sp³-hybridized carbons (Fsp3) is 0.458. The predicted molar refractivity (Wildman–Crippen MR) is 120 cm³/mol. The lowest BCUT2D eigenvalue weighted by atomic mass is 9.72. The number of carbonyl (C=O) groups excluding carboxylic acids is 1. The maximum Gasteiger partial charge on any atom is 0.338 e. The number of carbonyl (C=O) groups is 1. The molecule has 0 saturated heterocycles. The Morgan fingerprint density at radius 3 is 2.67 bits per heavy atom. The summed E-state index contributed by atoms with van der Waals surface area (Å²) in [6.45, 7) is 9.47. The van der Waals surface area contributed by atoms with Crippen molar-refractivity contribution < 1.29 is 9.53 Å². The van der Waals surface area contributed by atoms with E-state index in [1.54, 1.807) is 41.3 Å². The minimum absolute atomic E-state index is 0.0289. The van der Waals surface area contributed by atoms with Crippen LogP contribution in [0.25, 0.3) is 10.2 Å². The largest absolute Gasteiger partial charge is 0.462 e. The highest BCUT2D eigenvalue weighted by molar-refractivity contribution is 7.18. The number of esters is 1. The van der Waals surface area contributed by atoms with Crippen molar-refractivity contribution in [1.82, 2.24) is 9.55 Å². The summed E-state index contributed by atoms with van der Waals surface area (Å²) in [6, 6.07) is 7.20. The van der Waals surface area contributed by atoms with E-state index in [0.29, 0.717) is 24.6 Å². The minimum atomic E-state index is -0.331. The summed E-state index contributed by atoms with van der Waals surface area (Å²) in [7, 11) is 0. The van der Waals surface area contributed by atoms with Crippen molar-refractivity contribution in [3.8, 4) is 0 Å². The lowest BCUT2D eigenvalue weighted by molar-refractivity contribution is 0.0526. The number of hydrogen-bond acceptors (Lipinski definition) is 5. The average molecular weight is 425 g/mol. The van der Waals surface area contributed by atoms with E-state index in [0.717, 1.165) is 35.0 Å². The molecule has 1 aliphatic rings. The van der Waals surface area contributed by atoms with E-state index in [2.05, 4.69) is 25.8 Å². The highest BCUT2D eigenvalue weighted by atomic mass is 32.1. The third-order valence-electron chi connectivity index (χ3n) is 6.08. The van der Waals surface area contributed by atoms with E-state index in [1.807, 2.05) is 12.1 Å². The molecule has 1 unspecified atom stereocenters. The number of thiophene rings is 1. The van der Waals surface area contributed by atoms with E-state index in [1.165, 1.54) is 10.4 Å². The van der Waals surface area contributed by atoms with Gasteiger partial charge in [-0.2, -0.15) is 0 Å². The van der Waals surface area contributed by atoms with Gasteiger partial charge in [-0.25, -0.2) is 9.78 Å². The molecule has 0 fully saturated rings. The highest BCUT2D eigenvalue weighted by Gasteiger charge is 2.31. The number of aryl methyl sites for hydroxylation is 1. The van der Waals surface area contributed by atoms with Crippen molar-refractivity contribution in [3.05, 3.63) is 62.5 Å². The Morgan fingerprint density at radius 1 is 1.27 bits per heavy atom. The van der Waals surface area contributed by atoms with Gasteiger partial charge in [0.05, 0.1) is 30.4 Å². The number of aromatic nitrogens is 2. The number of hydrogen-bond donors (Lipinski definition) is 0. The van der Waals surface area contributed by atoms with Crippen LogP contribution in [-0.2, 0) is 24.1 Å². The van der Waals surface area contributed by atoms with Crippen LogP contribution in [0.1, 0.15) is 60.5 Å². The Morgan fingerprint density at radius 2 is 2.00 bits per heavy atom. The van der Waals surface area contributed by atoms with Crippen LogP contribution in [0.2, 0.25) is 0 Å². The van der Waals surface area contributed by atoms with E-state index in [9.17, 15) is 9.59 Å². The highest BCUT2D eigenvalue weighted by Crippen LogP contribution is 2.41. The molecule has 0 aliphatic heterocycles. The first-order valence-electron chi connectivity index (χ1n) is 10.5. The number of fused-ring (bicyclic) bond motifs is 3. The molecule has 5 nitrogen and oxygen atoms in total. The van der Waals surface area contributed by atoms with Crippen LogP contribution < -0.4 is 5.56 Å². The zero-order valence-electron chi connectivity index (χ0n) is 18.0. The van der Waals surface area contributed by atoms with Gasteiger partial charge in [0.15, 0.2) is 0 Å². The predicted octanol–water partition coefficient (Wildman–Crippen LogP) is 4.83. The molecule has 1 aromatic carbocycles. The molecule has 30 heavy (non-hydrogen) atoms. The van der Waals surface area contributed by atoms with Gasteiger partial charge >= 0.3 is 5.97 Å². The van der Waals surface area contributed by atoms with Crippen molar-refractivity contribution in [1.29, 1.82) is 0 Å². The van der Waals surface area contributed by atoms with Crippen molar-refractivity contribution in [2.24, 2.45) is 11.3 Å². The molecule has 0 saturated carbocycles. The standard InChI is InChI=1S/C24H28N2O3S/c1-5-29-23(28)16-8-6-15(7-9-16)13-26-14-25-21-20(22(26)27)18-11-10-17(24(2,3)4)12-19(18)30-21/h6-9,14,17H,5,10-13H2,1-4H3. The summed E-state index contributed by atoms with van der Waals surface area (Å²) < 4.78 is 6.69. The summed E-state index contributed by atoms with van der Waals surface area (Å²) in [6.07, 6.45) is 4.75. The van der Waals surface area contributed by atoms with E-state index in [-0.39, 0.29) is 16.9 Å². The van der Waals surface area contributed by atoms with Gasteiger partial charge in [0.25, 0.3) is 5.56 Å². The summed E-state index contributed by atoms with van der Waals surface area (Å²) in [4.78, 5) is 31.9. The average Bonchev–Trinajstić information content (AvgIpc) is 3.08. The van der Waals surface area contributed by atoms with Crippen LogP contribution in [0.15, 0.2) is 35.4 Å². The second-order valence-electron chi connectivity index (χ2n) is 9.08. The van der Waals surface area contributed by atoms with Crippen molar-refractivity contribution in [2.75, 3.05) is 6.61 Å². The number of ether oxygens (including phenoxy) is 1. The van der Waals surface area contributed by atoms with Crippen LogP contribution in [-0.4, -0.2) is 22.1 Å². The minimum Gasteiger partial charge on any atom is -0.462 e. The molecular weight excluding hydrogens is 396 g/mol. The van der Waals surface area contributed by atoms with E-state index in [4.69, 9.17) is 4.74 Å². The summed E-state index contributed by atoms with van der Waals surface area (Å²) >= 11 is 1.68. The summed E-state index contributed by atoms with van der Waals surface area (Å²) in [5.74, 6) is 0.306. The number of benzene rings is 1. The lowest BCUT2D eigenvalue weighted by Gasteiger charge is -2.33. The molecule has 0 N–H and O–H groups in total. The molecule has 6 heteroatoms. The van der Waals surface area contributed by atoms with Gasteiger partial charge in [0, 0.05) is 4.88 Å². The normalized spacial score (nSPS) is 16.5. The van der Waals surface area contributed by atoms with Crippen LogP contribution in [0.3, 0.4) is 0 Å². The molecule has 4 rings (SSSR count). The van der Waals surface area contributed by atoms with Crippen LogP contribution >= 0.6 is 11.3 Å². The fourth-order valence-electron chi connectivity index (χ4n) is 4.21. The van der Waals surface area contributed by atoms with Crippen LogP contribution in [0.5, 0.6) is 0 Å². The quantitative estimate of drug-likeness (QED) is 0.563. The fourth-order valence-corrected chi connectivity index (χ4v) is 5.47. The van der Waals surface area contributed by atoms with Gasteiger partial charge in [-0.05, 0) is 60.8 Å². The molecule has 0 bridgehead atoms. The Hall–Kier alpha value is -2.47. The van der Waals surface area contributed by atoms with Gasteiger partial charge in [-0.1, -0.05) is 32.9 Å². The summed E-state index contributed by atoms with van der Waals surface area (Å²) in [5.41, 5.74) is 2.98. The molecular formula is C24H28N2O3S. The molecule has 2 heterocycles. The monoisotopic (exact) mass is 424 g/mol. The van der Waals surface area contributed by atoms with Gasteiger partial charge < -0.3 is 4.74 Å². The Bertz CT molecular complexity index is 1140. The van der Waals surface area contributed by atoms with E-state index >= 15 is 0 Å². The second-order valence-corrected chi connectivity index (χ2v) is 10.2. The number of nitrogens with zero attached hydrogens (tertiary/aromatic N) is 2. The number of rotatable bonds is 4. The lowest BCUT2D eigenvalue weighted by Crippen LogP contribution is -2.27. The first-order chi connectivity index (χ1) is 14.3. The first kappa shape index (κ1) is 20.8. The smallest absolute Gasteiger partial charge is 0.338 e. The van der Waals surface area contributed by atoms with Gasteiger partial charge in [0.1, 0.15) is 4.83 Å².